The Kier molecular flexibility index (Phi) is 107. The molecule has 142 heavy (non-hydrogen) atoms. The summed E-state index contributed by atoms with van der Waals surface area (Å²) < 4.78 is 0. The summed E-state index contributed by atoms with van der Waals surface area (Å²) in [4.78, 5) is 45.6. The van der Waals surface area contributed by atoms with E-state index in [-0.39, 0.29) is 50.1 Å². The van der Waals surface area contributed by atoms with Crippen molar-refractivity contribution in [3.05, 3.63) is 11.6 Å². The van der Waals surface area contributed by atoms with Gasteiger partial charge in [-0.1, -0.05) is 546 Å². The summed E-state index contributed by atoms with van der Waals surface area (Å²) in [5, 5.41) is 68.8. The molecule has 0 radical (unpaired) electrons. The number of aliphatic carboxylic acids is 1. The molecule has 0 aliphatic heterocycles. The highest BCUT2D eigenvalue weighted by Gasteiger charge is 2.28. The van der Waals surface area contributed by atoms with Crippen molar-refractivity contribution in [3.8, 4) is 0 Å². The number of hydrogen-bond donors (Lipinski definition) is 9. The zero-order chi connectivity index (χ0) is 109. The highest BCUT2D eigenvalue weighted by Crippen LogP contribution is 2.32. The van der Waals surface area contributed by atoms with E-state index in [2.05, 4.69) is 218 Å². The highest BCUT2D eigenvalue weighted by atomic mass is 35.5. The minimum Gasteiger partial charge on any atom is -0.481 e. The third-order valence-electron chi connectivity index (χ3n) is 30.9. The maximum absolute atomic E-state index is 12.1. The summed E-state index contributed by atoms with van der Waals surface area (Å²) >= 11 is 5.43. The molecular formula is C128H259ClN2O11. The predicted octanol–water partition coefficient (Wildman–Crippen LogP) is 37.2. The van der Waals surface area contributed by atoms with Crippen molar-refractivity contribution in [2.75, 3.05) is 39.6 Å². The molecule has 0 aromatic rings. The lowest BCUT2D eigenvalue weighted by molar-refractivity contribution is -0.138. The molecule has 13 nitrogen and oxygen atoms in total. The van der Waals surface area contributed by atoms with Crippen LogP contribution in [0.3, 0.4) is 0 Å². The Bertz CT molecular complexity index is 2600. The number of allylic oxidation sites excluding steroid dienone is 1. The van der Waals surface area contributed by atoms with Gasteiger partial charge in [-0.25, -0.2) is 0 Å². The van der Waals surface area contributed by atoms with E-state index in [0.717, 1.165) is 158 Å². The van der Waals surface area contributed by atoms with Gasteiger partial charge in [-0.05, 0) is 188 Å². The molecule has 17 atom stereocenters. The number of carbonyl (C=O) groups excluding carboxylic acids is 3. The van der Waals surface area contributed by atoms with E-state index in [0.29, 0.717) is 61.9 Å². The Morgan fingerprint density at radius 2 is 0.387 bits per heavy atom. The quantitative estimate of drug-likeness (QED) is 0.0205. The van der Waals surface area contributed by atoms with Gasteiger partial charge in [0.1, 0.15) is 0 Å². The first-order valence-corrected chi connectivity index (χ1v) is 61.5. The first-order chi connectivity index (χ1) is 66.7. The van der Waals surface area contributed by atoms with E-state index in [9.17, 15) is 39.6 Å². The van der Waals surface area contributed by atoms with E-state index in [1.165, 1.54) is 307 Å². The van der Waals surface area contributed by atoms with Crippen molar-refractivity contribution in [2.45, 2.75) is 611 Å². The lowest BCUT2D eigenvalue weighted by Crippen LogP contribution is -2.52. The molecule has 2 amide bonds. The fourth-order valence-corrected chi connectivity index (χ4v) is 20.2. The van der Waals surface area contributed by atoms with Crippen LogP contribution in [0.25, 0.3) is 0 Å². The summed E-state index contributed by atoms with van der Waals surface area (Å²) in [5.74, 6) is 16.5. The minimum atomic E-state index is -0.919. The first kappa shape index (κ1) is 151. The second-order valence-electron chi connectivity index (χ2n) is 52.0. The number of carboxylic acids is 1. The molecule has 0 aliphatic carbocycles. The zero-order valence-corrected chi connectivity index (χ0v) is 102. The molecule has 0 aromatic heterocycles. The topological polar surface area (TPSA) is 234 Å². The predicted molar refractivity (Wildman–Crippen MR) is 625 cm³/mol. The van der Waals surface area contributed by atoms with Gasteiger partial charge in [-0.15, -0.1) is 0 Å². The Hall–Kier alpha value is -2.13. The third kappa shape index (κ3) is 115. The molecule has 0 aromatic carbocycles. The van der Waals surface area contributed by atoms with Crippen LogP contribution in [0, 0.1) is 136 Å². The number of amides is 2. The van der Waals surface area contributed by atoms with Crippen LogP contribution in [0.2, 0.25) is 0 Å². The number of carbonyl (C=O) groups is 4. The maximum Gasteiger partial charge on any atom is 0.303 e. The van der Waals surface area contributed by atoms with Crippen molar-refractivity contribution < 1.29 is 54.9 Å². The molecule has 854 valence electrons. The Morgan fingerprint density at radius 3 is 0.542 bits per heavy atom. The van der Waals surface area contributed by atoms with Gasteiger partial charge in [0.25, 0.3) is 0 Å². The smallest absolute Gasteiger partial charge is 0.303 e. The summed E-state index contributed by atoms with van der Waals surface area (Å²) in [6.45, 7) is 72.1. The fraction of sp³-hybridized carbons (Fsp3) is 0.953. The average Bonchev–Trinajstić information content (AvgIpc) is 0.896. The van der Waals surface area contributed by atoms with Gasteiger partial charge in [0.2, 0.25) is 17.1 Å². The molecule has 14 heteroatoms. The Morgan fingerprint density at radius 1 is 0.232 bits per heavy atom. The minimum absolute atomic E-state index is 0.0856. The van der Waals surface area contributed by atoms with Gasteiger partial charge >= 0.3 is 5.97 Å². The summed E-state index contributed by atoms with van der Waals surface area (Å²) in [5.41, 5.74) is -0.502. The van der Waals surface area contributed by atoms with Gasteiger partial charge in [0.05, 0.1) is 44.1 Å². The molecule has 0 fully saturated rings. The largest absolute Gasteiger partial charge is 0.481 e. The van der Waals surface area contributed by atoms with Gasteiger partial charge in [0, 0.05) is 32.3 Å². The van der Waals surface area contributed by atoms with Gasteiger partial charge in [-0.3, -0.25) is 19.2 Å². The second kappa shape index (κ2) is 101. The van der Waals surface area contributed by atoms with Crippen LogP contribution < -0.4 is 10.6 Å². The van der Waals surface area contributed by atoms with E-state index in [4.69, 9.17) is 26.9 Å². The van der Waals surface area contributed by atoms with Crippen LogP contribution >= 0.6 is 11.6 Å². The van der Waals surface area contributed by atoms with Crippen molar-refractivity contribution in [3.63, 3.8) is 0 Å². The SMILES string of the molecule is C/C(=C\CO)CCCC(C)CCCC(C)CCCC(C)C.CC(C)CCCC(C)CCCC(C)CCCC(C)CC(=O)Cl.CC(C)CCCC(C)CCCC(C)CCCC(C)CC(=O)NC(C)(CO)CO.CC(C)CCCC(C)CCCC(C)CCCC(C)CC(=O)NC(C)(CO)CO.CC(C)CCCC(C)CCCC(C)CCCC(C)CC(=O)O.CC(C)CCCC(C)CCCC(C)CCCC(C)CCO. The number of carboxylic acid groups (broad SMARTS) is 1. The van der Waals surface area contributed by atoms with Crippen molar-refractivity contribution >= 4 is 34.6 Å². The van der Waals surface area contributed by atoms with Gasteiger partial charge < -0.3 is 46.4 Å². The molecule has 0 rings (SSSR count). The van der Waals surface area contributed by atoms with Gasteiger partial charge in [0.15, 0.2) is 0 Å². The number of nitrogens with one attached hydrogen (secondary N) is 2. The Balaban J connectivity index is -0.000000392. The highest BCUT2D eigenvalue weighted by molar-refractivity contribution is 6.63. The Labute approximate surface area is 893 Å². The van der Waals surface area contributed by atoms with Crippen LogP contribution in [0.5, 0.6) is 0 Å². The molecule has 17 unspecified atom stereocenters. The summed E-state index contributed by atoms with van der Waals surface area (Å²) in [6, 6.07) is 0. The molecule has 0 spiro atoms. The van der Waals surface area contributed by atoms with Crippen LogP contribution in [0.15, 0.2) is 11.6 Å². The molecule has 0 saturated heterocycles. The lowest BCUT2D eigenvalue weighted by Gasteiger charge is -2.27. The lowest BCUT2D eigenvalue weighted by atomic mass is 9.90. The molecule has 0 heterocycles. The standard InChI is InChI=1S/2C24H49NO3.C20H39ClO.C20H40O2.C20H42O.C20H40O/c2*1-19(2)10-7-11-20(3)12-8-13-21(4)14-9-15-22(5)16-23(28)25-24(6,17-26)18-27;2*1-16(2)9-6-10-17(3)11-7-12-18(4)13-8-14-19(5)15-20(21)22;2*1-17(2)9-6-10-18(3)11-7-12-19(4)13-8-14-20(5)15-16-21/h2*19-22,26-27H,7-18H2,1-6H3,(H,25,28);16-19H,6-15H2,1-5H3;16-19H,6-15H2,1-5H3,(H,21,22);17-21H,6-16H2,1-5H3;15,17-19,21H,6-14,16H2,1-5H3/b;;;;;20-15+. The van der Waals surface area contributed by atoms with E-state index in [1.54, 1.807) is 13.8 Å². The monoisotopic (exact) mass is 2040 g/mol. The molecular weight excluding hydrogens is 1780 g/mol. The maximum atomic E-state index is 12.1. The normalized spacial score (nSPS) is 15.7. The van der Waals surface area contributed by atoms with Crippen molar-refractivity contribution in [1.29, 1.82) is 0 Å². The number of aliphatic hydroxyl groups excluding tert-OH is 6. The fourth-order valence-electron chi connectivity index (χ4n) is 19.9. The van der Waals surface area contributed by atoms with Gasteiger partial charge in [-0.2, -0.15) is 0 Å². The third-order valence-corrected chi connectivity index (χ3v) is 31.1. The van der Waals surface area contributed by atoms with Crippen molar-refractivity contribution in [1.82, 2.24) is 10.6 Å². The number of rotatable bonds is 89. The van der Waals surface area contributed by atoms with E-state index in [1.807, 2.05) is 6.08 Å². The average molecular weight is 2040 g/mol. The summed E-state index contributed by atoms with van der Waals surface area (Å²) in [6.07, 6.45) is 76.1. The second-order valence-corrected chi connectivity index (χ2v) is 52.5. The van der Waals surface area contributed by atoms with E-state index < -0.39 is 17.0 Å². The van der Waals surface area contributed by atoms with Crippen molar-refractivity contribution in [2.24, 2.45) is 136 Å². The first-order valence-electron chi connectivity index (χ1n) is 61.1. The molecule has 9 N–H and O–H groups in total. The molecule has 0 saturated carbocycles. The van der Waals surface area contributed by atoms with Crippen LogP contribution in [0.4, 0.5) is 0 Å². The van der Waals surface area contributed by atoms with Crippen LogP contribution in [-0.4, -0.2) is 109 Å². The number of halogens is 1. The number of hydrogen-bond acceptors (Lipinski definition) is 10. The number of aliphatic hydroxyl groups is 6. The van der Waals surface area contributed by atoms with E-state index >= 15 is 0 Å². The zero-order valence-electron chi connectivity index (χ0n) is 101. The van der Waals surface area contributed by atoms with Crippen LogP contribution in [-0.2, 0) is 19.2 Å². The van der Waals surface area contributed by atoms with Crippen LogP contribution in [0.1, 0.15) is 600 Å². The summed E-state index contributed by atoms with van der Waals surface area (Å²) in [7, 11) is 0. The molecule has 0 bridgehead atoms. The molecule has 0 aliphatic rings.